The van der Waals surface area contributed by atoms with E-state index in [1.54, 1.807) is 31.4 Å². The first-order valence-corrected chi connectivity index (χ1v) is 10.7. The van der Waals surface area contributed by atoms with E-state index in [1.165, 1.54) is 12.1 Å². The molecular weight excluding hydrogens is 404 g/mol. The molecule has 0 saturated carbocycles. The summed E-state index contributed by atoms with van der Waals surface area (Å²) in [6.07, 6.45) is 0. The van der Waals surface area contributed by atoms with E-state index in [9.17, 15) is 8.42 Å². The highest BCUT2D eigenvalue weighted by molar-refractivity contribution is 7.92. The Hall–Kier alpha value is -2.00. The van der Waals surface area contributed by atoms with Gasteiger partial charge in [0.2, 0.25) is 0 Å². The van der Waals surface area contributed by atoms with Crippen molar-refractivity contribution in [3.05, 3.63) is 47.5 Å². The molecule has 1 heterocycles. The summed E-state index contributed by atoms with van der Waals surface area (Å²) in [5, 5.41) is 0.455. The van der Waals surface area contributed by atoms with Crippen LogP contribution in [0.3, 0.4) is 0 Å². The number of benzene rings is 2. The number of rotatable bonds is 8. The van der Waals surface area contributed by atoms with Crippen molar-refractivity contribution >= 4 is 33.0 Å². The minimum atomic E-state index is -3.78. The van der Waals surface area contributed by atoms with Crippen molar-refractivity contribution in [3.63, 3.8) is 0 Å². The fourth-order valence-electron chi connectivity index (χ4n) is 2.83. The lowest BCUT2D eigenvalue weighted by molar-refractivity contribution is 0.123. The maximum absolute atomic E-state index is 12.9. The molecule has 0 atom stereocenters. The van der Waals surface area contributed by atoms with Crippen LogP contribution in [-0.2, 0) is 19.5 Å². The van der Waals surface area contributed by atoms with Gasteiger partial charge in [-0.3, -0.25) is 4.72 Å². The van der Waals surface area contributed by atoms with Crippen LogP contribution in [0.15, 0.2) is 47.4 Å². The summed E-state index contributed by atoms with van der Waals surface area (Å²) in [5.41, 5.74) is 1.21. The third-order valence-corrected chi connectivity index (χ3v) is 5.86. The Balaban J connectivity index is 1.79. The van der Waals surface area contributed by atoms with Gasteiger partial charge in [0, 0.05) is 25.2 Å². The molecule has 1 aliphatic rings. The number of ether oxygens (including phenoxy) is 3. The van der Waals surface area contributed by atoms with Gasteiger partial charge >= 0.3 is 0 Å². The molecule has 0 spiro atoms. The third kappa shape index (κ3) is 5.29. The average molecular weight is 427 g/mol. The molecule has 0 bridgehead atoms. The third-order valence-electron chi connectivity index (χ3n) is 4.24. The lowest BCUT2D eigenvalue weighted by Gasteiger charge is -2.30. The summed E-state index contributed by atoms with van der Waals surface area (Å²) in [7, 11) is -2.19. The summed E-state index contributed by atoms with van der Waals surface area (Å²) < 4.78 is 44.2. The zero-order valence-electron chi connectivity index (χ0n) is 15.6. The topological polar surface area (TPSA) is 77.1 Å². The number of morpholine rings is 1. The average Bonchev–Trinajstić information content (AvgIpc) is 2.69. The van der Waals surface area contributed by atoms with Crippen LogP contribution in [0.4, 0.5) is 11.4 Å². The van der Waals surface area contributed by atoms with E-state index in [-0.39, 0.29) is 4.90 Å². The lowest BCUT2D eigenvalue weighted by atomic mass is 10.2. The van der Waals surface area contributed by atoms with Crippen LogP contribution >= 0.6 is 11.6 Å². The fraction of sp³-hybridized carbons (Fsp3) is 0.368. The second-order valence-electron chi connectivity index (χ2n) is 6.18. The largest absolute Gasteiger partial charge is 0.491 e. The van der Waals surface area contributed by atoms with E-state index in [0.29, 0.717) is 56.0 Å². The van der Waals surface area contributed by atoms with Crippen molar-refractivity contribution in [3.8, 4) is 5.75 Å². The second-order valence-corrected chi connectivity index (χ2v) is 8.30. The van der Waals surface area contributed by atoms with Gasteiger partial charge in [-0.1, -0.05) is 11.6 Å². The first kappa shape index (κ1) is 20.7. The summed E-state index contributed by atoms with van der Waals surface area (Å²) in [4.78, 5) is 2.21. The Morgan fingerprint density at radius 2 is 1.82 bits per heavy atom. The fourth-order valence-corrected chi connectivity index (χ4v) is 4.07. The second kappa shape index (κ2) is 9.47. The molecule has 152 valence electrons. The molecule has 3 rings (SSSR count). The lowest BCUT2D eigenvalue weighted by Crippen LogP contribution is -2.36. The molecule has 1 fully saturated rings. The monoisotopic (exact) mass is 426 g/mol. The minimum Gasteiger partial charge on any atom is -0.491 e. The highest BCUT2D eigenvalue weighted by Gasteiger charge is 2.20. The Labute approximate surface area is 170 Å². The number of methoxy groups -OCH3 is 1. The van der Waals surface area contributed by atoms with Gasteiger partial charge in [-0.2, -0.15) is 0 Å². The summed E-state index contributed by atoms with van der Waals surface area (Å²) in [6.45, 7) is 3.42. The van der Waals surface area contributed by atoms with E-state index in [2.05, 4.69) is 9.62 Å². The number of hydrogen-bond donors (Lipinski definition) is 1. The van der Waals surface area contributed by atoms with Gasteiger partial charge < -0.3 is 19.1 Å². The summed E-state index contributed by atoms with van der Waals surface area (Å²) in [5.74, 6) is 0.577. The van der Waals surface area contributed by atoms with Crippen LogP contribution in [0.2, 0.25) is 5.02 Å². The van der Waals surface area contributed by atoms with Crippen LogP contribution in [0.1, 0.15) is 0 Å². The Bertz CT molecular complexity index is 884. The van der Waals surface area contributed by atoms with Crippen LogP contribution in [-0.4, -0.2) is 55.0 Å². The van der Waals surface area contributed by atoms with Crippen molar-refractivity contribution in [1.82, 2.24) is 0 Å². The molecule has 0 aliphatic carbocycles. The van der Waals surface area contributed by atoms with Gasteiger partial charge in [-0.15, -0.1) is 0 Å². The van der Waals surface area contributed by atoms with Gasteiger partial charge in [0.1, 0.15) is 12.4 Å². The molecule has 28 heavy (non-hydrogen) atoms. The first-order valence-electron chi connectivity index (χ1n) is 8.86. The molecule has 2 aromatic carbocycles. The molecule has 0 aromatic heterocycles. The smallest absolute Gasteiger partial charge is 0.261 e. The molecule has 1 N–H and O–H groups in total. The Kier molecular flexibility index (Phi) is 7.01. The predicted molar refractivity (Wildman–Crippen MR) is 109 cm³/mol. The Morgan fingerprint density at radius 3 is 2.50 bits per heavy atom. The normalized spacial score (nSPS) is 14.7. The van der Waals surface area contributed by atoms with E-state index in [4.69, 9.17) is 25.8 Å². The highest BCUT2D eigenvalue weighted by atomic mass is 35.5. The zero-order chi connectivity index (χ0) is 20.0. The number of hydrogen-bond acceptors (Lipinski definition) is 6. The molecule has 2 aromatic rings. The molecule has 0 amide bonds. The van der Waals surface area contributed by atoms with Gasteiger partial charge in [-0.05, 0) is 42.5 Å². The molecule has 0 radical (unpaired) electrons. The molecule has 7 nitrogen and oxygen atoms in total. The maximum Gasteiger partial charge on any atom is 0.261 e. The van der Waals surface area contributed by atoms with Gasteiger partial charge in [-0.25, -0.2) is 8.42 Å². The van der Waals surface area contributed by atoms with E-state index < -0.39 is 10.0 Å². The number of nitrogens with zero attached hydrogens (tertiary/aromatic N) is 1. The Morgan fingerprint density at radius 1 is 1.11 bits per heavy atom. The van der Waals surface area contributed by atoms with Crippen LogP contribution in [0.25, 0.3) is 0 Å². The van der Waals surface area contributed by atoms with Crippen molar-refractivity contribution in [2.24, 2.45) is 0 Å². The zero-order valence-corrected chi connectivity index (χ0v) is 17.1. The van der Waals surface area contributed by atoms with Crippen LogP contribution < -0.4 is 14.4 Å². The van der Waals surface area contributed by atoms with Gasteiger partial charge in [0.15, 0.2) is 0 Å². The number of halogens is 1. The van der Waals surface area contributed by atoms with Gasteiger partial charge in [0.05, 0.1) is 36.1 Å². The molecule has 1 saturated heterocycles. The van der Waals surface area contributed by atoms with Crippen molar-refractivity contribution in [2.75, 3.05) is 56.2 Å². The minimum absolute atomic E-state index is 0.138. The molecule has 9 heteroatoms. The van der Waals surface area contributed by atoms with E-state index in [0.717, 1.165) is 5.69 Å². The number of nitrogens with one attached hydrogen (secondary N) is 1. The first-order chi connectivity index (χ1) is 13.5. The van der Waals surface area contributed by atoms with E-state index in [1.807, 2.05) is 6.07 Å². The molecule has 0 unspecified atom stereocenters. The van der Waals surface area contributed by atoms with Gasteiger partial charge in [0.25, 0.3) is 10.0 Å². The maximum atomic E-state index is 12.9. The quantitative estimate of drug-likeness (QED) is 0.654. The predicted octanol–water partition coefficient (Wildman–Crippen LogP) is 3.00. The van der Waals surface area contributed by atoms with Crippen molar-refractivity contribution in [2.45, 2.75) is 4.90 Å². The SMILES string of the molecule is COCCOc1ccc(S(=O)(=O)Nc2cc(Cl)ccc2N2CCOCC2)cc1. The standard InChI is InChI=1S/C19H23ClN2O5S/c1-25-12-13-27-16-3-5-17(6-4-16)28(23,24)21-18-14-15(20)2-7-19(18)22-8-10-26-11-9-22/h2-7,14,21H,8-13H2,1H3. The number of anilines is 2. The van der Waals surface area contributed by atoms with Crippen molar-refractivity contribution in [1.29, 1.82) is 0 Å². The molecule has 1 aliphatic heterocycles. The summed E-state index contributed by atoms with van der Waals surface area (Å²) >= 11 is 6.11. The summed E-state index contributed by atoms with van der Waals surface area (Å²) in [6, 6.07) is 11.4. The highest BCUT2D eigenvalue weighted by Crippen LogP contribution is 2.32. The van der Waals surface area contributed by atoms with Crippen LogP contribution in [0.5, 0.6) is 5.75 Å². The molecular formula is C19H23ClN2O5S. The van der Waals surface area contributed by atoms with Crippen molar-refractivity contribution < 1.29 is 22.6 Å². The number of sulfonamides is 1. The van der Waals surface area contributed by atoms with Crippen LogP contribution in [0, 0.1) is 0 Å². The van der Waals surface area contributed by atoms with E-state index >= 15 is 0 Å².